The average Bonchev–Trinajstić information content (AvgIpc) is 2.42. The largest absolute Gasteiger partial charge is 0.512 e. The fourth-order valence-corrected chi connectivity index (χ4v) is 2.87. The first-order valence-electron chi connectivity index (χ1n) is 7.75. The quantitative estimate of drug-likeness (QED) is 0.463. The molecular weight excluding hydrogens is 232 g/mol. The van der Waals surface area contributed by atoms with E-state index in [0.29, 0.717) is 5.76 Å². The Bertz CT molecular complexity index is 345. The summed E-state index contributed by atoms with van der Waals surface area (Å²) >= 11 is 0. The third-order valence-corrected chi connectivity index (χ3v) is 4.48. The van der Waals surface area contributed by atoms with Gasteiger partial charge >= 0.3 is 0 Å². The molecule has 0 aromatic heterocycles. The summed E-state index contributed by atoms with van der Waals surface area (Å²) in [7, 11) is 0. The Kier molecular flexibility index (Phi) is 6.97. The van der Waals surface area contributed by atoms with Crippen molar-refractivity contribution in [3.05, 3.63) is 35.6 Å². The Morgan fingerprint density at radius 3 is 2.53 bits per heavy atom. The van der Waals surface area contributed by atoms with Crippen LogP contribution in [0, 0.1) is 11.8 Å². The number of aliphatic hydroxyl groups excluding tert-OH is 1. The number of aliphatic hydroxyl groups is 1. The Morgan fingerprint density at radius 1 is 1.21 bits per heavy atom. The number of hydrogen-bond acceptors (Lipinski definition) is 1. The lowest BCUT2D eigenvalue weighted by Crippen LogP contribution is -2.14. The molecule has 1 N–H and O–H groups in total. The first-order valence-corrected chi connectivity index (χ1v) is 7.75. The molecule has 1 heteroatoms. The van der Waals surface area contributed by atoms with Gasteiger partial charge in [-0.15, -0.1) is 0 Å². The van der Waals surface area contributed by atoms with Gasteiger partial charge in [0.15, 0.2) is 0 Å². The molecule has 1 saturated carbocycles. The zero-order valence-electron chi connectivity index (χ0n) is 12.9. The molecule has 1 aliphatic carbocycles. The van der Waals surface area contributed by atoms with Gasteiger partial charge in [-0.2, -0.15) is 0 Å². The Labute approximate surface area is 119 Å². The van der Waals surface area contributed by atoms with Crippen LogP contribution < -0.4 is 0 Å². The van der Waals surface area contributed by atoms with E-state index < -0.39 is 0 Å². The van der Waals surface area contributed by atoms with Gasteiger partial charge in [-0.05, 0) is 50.5 Å². The molecule has 0 heterocycles. The van der Waals surface area contributed by atoms with Crippen molar-refractivity contribution in [2.75, 3.05) is 0 Å². The molecule has 1 fully saturated rings. The van der Waals surface area contributed by atoms with Crippen LogP contribution in [0.2, 0.25) is 0 Å². The van der Waals surface area contributed by atoms with Gasteiger partial charge in [0.05, 0.1) is 5.76 Å². The van der Waals surface area contributed by atoms with E-state index in [2.05, 4.69) is 19.6 Å². The lowest BCUT2D eigenvalue weighted by atomic mass is 9.78. The highest BCUT2D eigenvalue weighted by atomic mass is 16.3. The second-order valence-corrected chi connectivity index (χ2v) is 6.11. The third kappa shape index (κ3) is 6.13. The van der Waals surface area contributed by atoms with Crippen LogP contribution in [0.4, 0.5) is 0 Å². The molecule has 0 saturated heterocycles. The first kappa shape index (κ1) is 16.1. The normalized spacial score (nSPS) is 25.4. The molecule has 0 amide bonds. The molecule has 2 unspecified atom stereocenters. The van der Waals surface area contributed by atoms with Gasteiger partial charge in [-0.3, -0.25) is 0 Å². The Balaban J connectivity index is 2.32. The molecule has 0 radical (unpaired) electrons. The van der Waals surface area contributed by atoms with Gasteiger partial charge in [0.2, 0.25) is 0 Å². The van der Waals surface area contributed by atoms with Crippen LogP contribution in [0.25, 0.3) is 0 Å². The van der Waals surface area contributed by atoms with Crippen molar-refractivity contribution in [1.29, 1.82) is 0 Å². The van der Waals surface area contributed by atoms with E-state index in [-0.39, 0.29) is 0 Å². The van der Waals surface area contributed by atoms with Crippen LogP contribution in [0.5, 0.6) is 0 Å². The van der Waals surface area contributed by atoms with Crippen molar-refractivity contribution >= 4 is 0 Å². The van der Waals surface area contributed by atoms with Crippen molar-refractivity contribution in [3.8, 4) is 0 Å². The molecule has 0 aliphatic heterocycles. The second kappa shape index (κ2) is 8.24. The highest BCUT2D eigenvalue weighted by molar-refractivity contribution is 5.26. The van der Waals surface area contributed by atoms with Gasteiger partial charge in [0, 0.05) is 0 Å². The van der Waals surface area contributed by atoms with Gasteiger partial charge in [-0.1, -0.05) is 56.9 Å². The van der Waals surface area contributed by atoms with Crippen LogP contribution in [0.15, 0.2) is 35.6 Å². The third-order valence-electron chi connectivity index (χ3n) is 4.48. The number of hydrogen-bond donors (Lipinski definition) is 1. The van der Waals surface area contributed by atoms with E-state index in [1.165, 1.54) is 44.1 Å². The molecule has 19 heavy (non-hydrogen) atoms. The number of allylic oxidation sites excluding steroid dienone is 5. The number of rotatable bonds is 6. The predicted octanol–water partition coefficient (Wildman–Crippen LogP) is 5.95. The van der Waals surface area contributed by atoms with Crippen molar-refractivity contribution < 1.29 is 5.11 Å². The average molecular weight is 262 g/mol. The second-order valence-electron chi connectivity index (χ2n) is 6.11. The SMILES string of the molecule is C=C(/C=C\C(C)=C(/C)O)CCC1CCCC(CC)C1. The fourth-order valence-electron chi connectivity index (χ4n) is 2.87. The highest BCUT2D eigenvalue weighted by Crippen LogP contribution is 2.34. The van der Waals surface area contributed by atoms with Crippen LogP contribution in [-0.4, -0.2) is 5.11 Å². The van der Waals surface area contributed by atoms with Crippen molar-refractivity contribution in [3.63, 3.8) is 0 Å². The lowest BCUT2D eigenvalue weighted by molar-refractivity contribution is 0.250. The molecule has 1 nitrogen and oxygen atoms in total. The standard InChI is InChI=1S/C18H30O/c1-5-17-7-6-8-18(13-17)12-10-14(2)9-11-15(3)16(4)19/h9,11,17-19H,2,5-8,10,12-13H2,1,3-4H3/b11-9-,16-15+. The molecule has 1 aliphatic rings. The first-order chi connectivity index (χ1) is 9.02. The minimum Gasteiger partial charge on any atom is -0.512 e. The van der Waals surface area contributed by atoms with Gasteiger partial charge in [-0.25, -0.2) is 0 Å². The summed E-state index contributed by atoms with van der Waals surface area (Å²) in [4.78, 5) is 0. The molecular formula is C18H30O. The van der Waals surface area contributed by atoms with E-state index in [1.807, 2.05) is 13.0 Å². The van der Waals surface area contributed by atoms with E-state index in [1.54, 1.807) is 6.92 Å². The van der Waals surface area contributed by atoms with E-state index >= 15 is 0 Å². The van der Waals surface area contributed by atoms with E-state index in [4.69, 9.17) is 0 Å². The molecule has 2 atom stereocenters. The molecule has 0 spiro atoms. The maximum absolute atomic E-state index is 9.32. The molecule has 1 rings (SSSR count). The zero-order chi connectivity index (χ0) is 14.3. The summed E-state index contributed by atoms with van der Waals surface area (Å²) in [6, 6.07) is 0. The summed E-state index contributed by atoms with van der Waals surface area (Å²) in [5, 5.41) is 9.32. The van der Waals surface area contributed by atoms with E-state index in [0.717, 1.165) is 23.8 Å². The van der Waals surface area contributed by atoms with Crippen molar-refractivity contribution in [2.24, 2.45) is 11.8 Å². The van der Waals surface area contributed by atoms with Gasteiger partial charge in [0.1, 0.15) is 0 Å². The summed E-state index contributed by atoms with van der Waals surface area (Å²) < 4.78 is 0. The monoisotopic (exact) mass is 262 g/mol. The van der Waals surface area contributed by atoms with Crippen LogP contribution in [0.1, 0.15) is 65.7 Å². The summed E-state index contributed by atoms with van der Waals surface area (Å²) in [5.74, 6) is 2.26. The summed E-state index contributed by atoms with van der Waals surface area (Å²) in [6.45, 7) is 10.1. The van der Waals surface area contributed by atoms with Crippen LogP contribution in [-0.2, 0) is 0 Å². The van der Waals surface area contributed by atoms with Crippen molar-refractivity contribution in [1.82, 2.24) is 0 Å². The van der Waals surface area contributed by atoms with Gasteiger partial charge in [0.25, 0.3) is 0 Å². The highest BCUT2D eigenvalue weighted by Gasteiger charge is 2.20. The fraction of sp³-hybridized carbons (Fsp3) is 0.667. The zero-order valence-corrected chi connectivity index (χ0v) is 12.9. The van der Waals surface area contributed by atoms with Gasteiger partial charge < -0.3 is 5.11 Å². The maximum atomic E-state index is 9.32. The Morgan fingerprint density at radius 2 is 1.89 bits per heavy atom. The maximum Gasteiger partial charge on any atom is 0.0920 e. The summed E-state index contributed by atoms with van der Waals surface area (Å²) in [5.41, 5.74) is 2.10. The summed E-state index contributed by atoms with van der Waals surface area (Å²) in [6.07, 6.45) is 13.4. The van der Waals surface area contributed by atoms with Crippen LogP contribution in [0.3, 0.4) is 0 Å². The Hall–Kier alpha value is -0.980. The molecule has 0 aromatic rings. The molecule has 0 aromatic carbocycles. The molecule has 0 bridgehead atoms. The smallest absolute Gasteiger partial charge is 0.0920 e. The molecule has 108 valence electrons. The van der Waals surface area contributed by atoms with E-state index in [9.17, 15) is 5.11 Å². The van der Waals surface area contributed by atoms with Crippen molar-refractivity contribution in [2.45, 2.75) is 65.7 Å². The minimum absolute atomic E-state index is 0.391. The predicted molar refractivity (Wildman–Crippen MR) is 84.3 cm³/mol. The minimum atomic E-state index is 0.391. The topological polar surface area (TPSA) is 20.2 Å². The lowest BCUT2D eigenvalue weighted by Gasteiger charge is -2.28. The van der Waals surface area contributed by atoms with Crippen LogP contribution >= 0.6 is 0 Å².